The van der Waals surface area contributed by atoms with Crippen molar-refractivity contribution >= 4 is 5.97 Å². The molecule has 1 aromatic rings. The second-order valence-electron chi connectivity index (χ2n) is 6.07. The lowest BCUT2D eigenvalue weighted by atomic mass is 9.86. The molecule has 6 nitrogen and oxygen atoms in total. The quantitative estimate of drug-likeness (QED) is 0.486. The minimum atomic E-state index is -0.980. The van der Waals surface area contributed by atoms with E-state index in [4.69, 9.17) is 18.9 Å². The predicted octanol–water partition coefficient (Wildman–Crippen LogP) is 2.98. The summed E-state index contributed by atoms with van der Waals surface area (Å²) < 4.78 is 21.1. The third-order valence-electron chi connectivity index (χ3n) is 3.90. The van der Waals surface area contributed by atoms with E-state index in [2.05, 4.69) is 0 Å². The van der Waals surface area contributed by atoms with Gasteiger partial charge in [0.25, 0.3) is 0 Å². The Morgan fingerprint density at radius 2 is 1.88 bits per heavy atom. The third-order valence-corrected chi connectivity index (χ3v) is 3.90. The first-order chi connectivity index (χ1) is 12.0. The summed E-state index contributed by atoms with van der Waals surface area (Å²) in [5.41, 5.74) is 0.592. The van der Waals surface area contributed by atoms with Crippen molar-refractivity contribution in [2.45, 2.75) is 33.3 Å². The summed E-state index contributed by atoms with van der Waals surface area (Å²) in [7, 11) is 3.20. The molecule has 0 aliphatic carbocycles. The normalized spacial score (nSPS) is 13.4. The van der Waals surface area contributed by atoms with E-state index in [9.17, 15) is 9.90 Å². The van der Waals surface area contributed by atoms with Gasteiger partial charge in [0.05, 0.1) is 32.3 Å². The van der Waals surface area contributed by atoms with Crippen LogP contribution in [-0.4, -0.2) is 45.1 Å². The van der Waals surface area contributed by atoms with Gasteiger partial charge in [0.2, 0.25) is 0 Å². The van der Waals surface area contributed by atoms with Gasteiger partial charge < -0.3 is 24.1 Å². The van der Waals surface area contributed by atoms with Crippen LogP contribution in [0.2, 0.25) is 0 Å². The monoisotopic (exact) mass is 354 g/mol. The molecule has 0 amide bonds. The minimum absolute atomic E-state index is 0.0674. The number of hydrogen-bond acceptors (Lipinski definition) is 6. The maximum Gasteiger partial charge on any atom is 0.312 e. The fraction of sp³-hybridized carbons (Fsp3) is 0.632. The molecular formula is C19H30O6. The predicted molar refractivity (Wildman–Crippen MR) is 94.9 cm³/mol. The van der Waals surface area contributed by atoms with Crippen molar-refractivity contribution in [2.24, 2.45) is 11.8 Å². The Bertz CT molecular complexity index is 529. The van der Waals surface area contributed by atoms with Crippen LogP contribution in [0.25, 0.3) is 0 Å². The zero-order valence-electron chi connectivity index (χ0n) is 15.8. The molecule has 2 atom stereocenters. The summed E-state index contributed by atoms with van der Waals surface area (Å²) in [5, 5.41) is 10.7. The van der Waals surface area contributed by atoms with E-state index in [0.29, 0.717) is 30.3 Å². The van der Waals surface area contributed by atoms with Crippen molar-refractivity contribution in [2.75, 3.05) is 34.0 Å². The summed E-state index contributed by atoms with van der Waals surface area (Å²) in [6, 6.07) is 5.18. The molecule has 0 radical (unpaired) electrons. The average Bonchev–Trinajstić information content (AvgIpc) is 2.58. The lowest BCUT2D eigenvalue weighted by Crippen LogP contribution is -2.29. The van der Waals surface area contributed by atoms with E-state index >= 15 is 0 Å². The van der Waals surface area contributed by atoms with Gasteiger partial charge in [0.15, 0.2) is 11.5 Å². The molecule has 0 aliphatic rings. The summed E-state index contributed by atoms with van der Waals surface area (Å²) in [4.78, 5) is 12.2. The molecule has 0 bridgehead atoms. The van der Waals surface area contributed by atoms with Gasteiger partial charge in [-0.15, -0.1) is 0 Å². The molecule has 6 heteroatoms. The number of esters is 1. The first kappa shape index (κ1) is 21.3. The second kappa shape index (κ2) is 10.9. The number of carbonyl (C=O) groups is 1. The van der Waals surface area contributed by atoms with Crippen molar-refractivity contribution in [3.8, 4) is 11.5 Å². The van der Waals surface area contributed by atoms with Gasteiger partial charge in [-0.05, 0) is 30.5 Å². The molecule has 0 heterocycles. The Labute approximate surface area is 150 Å². The highest BCUT2D eigenvalue weighted by Crippen LogP contribution is 2.35. The standard InChI is InChI=1S/C19H30O6/c1-6-24-19(21)17(13(2)3)18(20)14-8-9-15(23-5)16(12-14)25-11-7-10-22-4/h8-9,12-13,17-18,20H,6-7,10-11H2,1-5H3/t17-,18+/m0/s1. The maximum absolute atomic E-state index is 12.2. The van der Waals surface area contributed by atoms with Crippen molar-refractivity contribution in [3.05, 3.63) is 23.8 Å². The van der Waals surface area contributed by atoms with Gasteiger partial charge in [-0.1, -0.05) is 19.9 Å². The fourth-order valence-corrected chi connectivity index (χ4v) is 2.59. The van der Waals surface area contributed by atoms with Gasteiger partial charge in [-0.3, -0.25) is 4.79 Å². The van der Waals surface area contributed by atoms with Gasteiger partial charge in [0, 0.05) is 20.1 Å². The lowest BCUT2D eigenvalue weighted by molar-refractivity contribution is -0.154. The number of carbonyl (C=O) groups excluding carboxylic acids is 1. The van der Waals surface area contributed by atoms with Crippen LogP contribution in [0.5, 0.6) is 11.5 Å². The Balaban J connectivity index is 2.99. The van der Waals surface area contributed by atoms with Gasteiger partial charge >= 0.3 is 5.97 Å². The van der Waals surface area contributed by atoms with E-state index in [0.717, 1.165) is 6.42 Å². The number of rotatable bonds is 11. The molecular weight excluding hydrogens is 324 g/mol. The van der Waals surface area contributed by atoms with Crippen LogP contribution in [0.4, 0.5) is 0 Å². The van der Waals surface area contributed by atoms with E-state index in [1.807, 2.05) is 13.8 Å². The molecule has 0 spiro atoms. The Hall–Kier alpha value is -1.79. The number of aliphatic hydroxyl groups is 1. The third kappa shape index (κ3) is 6.21. The Kier molecular flexibility index (Phi) is 9.31. The number of benzene rings is 1. The molecule has 0 aromatic heterocycles. The van der Waals surface area contributed by atoms with Crippen LogP contribution in [0.3, 0.4) is 0 Å². The van der Waals surface area contributed by atoms with E-state index in [1.54, 1.807) is 39.3 Å². The van der Waals surface area contributed by atoms with Crippen LogP contribution in [0.15, 0.2) is 18.2 Å². The van der Waals surface area contributed by atoms with Gasteiger partial charge in [-0.2, -0.15) is 0 Å². The zero-order chi connectivity index (χ0) is 18.8. The molecule has 0 saturated carbocycles. The topological polar surface area (TPSA) is 74.2 Å². The summed E-state index contributed by atoms with van der Waals surface area (Å²) in [6.07, 6.45) is -0.240. The van der Waals surface area contributed by atoms with Crippen molar-refractivity contribution in [1.29, 1.82) is 0 Å². The van der Waals surface area contributed by atoms with Crippen LogP contribution in [-0.2, 0) is 14.3 Å². The number of aliphatic hydroxyl groups excluding tert-OH is 1. The first-order valence-corrected chi connectivity index (χ1v) is 8.60. The number of methoxy groups -OCH3 is 2. The first-order valence-electron chi connectivity index (χ1n) is 8.60. The number of hydrogen-bond donors (Lipinski definition) is 1. The van der Waals surface area contributed by atoms with Gasteiger partial charge in [-0.25, -0.2) is 0 Å². The van der Waals surface area contributed by atoms with Crippen LogP contribution < -0.4 is 9.47 Å². The van der Waals surface area contributed by atoms with Crippen molar-refractivity contribution < 1.29 is 28.8 Å². The highest BCUT2D eigenvalue weighted by Gasteiger charge is 2.32. The van der Waals surface area contributed by atoms with Crippen LogP contribution in [0.1, 0.15) is 38.9 Å². The molecule has 0 saturated heterocycles. The van der Waals surface area contributed by atoms with E-state index < -0.39 is 18.0 Å². The fourth-order valence-electron chi connectivity index (χ4n) is 2.59. The van der Waals surface area contributed by atoms with Crippen molar-refractivity contribution in [1.82, 2.24) is 0 Å². The van der Waals surface area contributed by atoms with Crippen LogP contribution in [0, 0.1) is 11.8 Å². The Morgan fingerprint density at radius 1 is 1.16 bits per heavy atom. The summed E-state index contributed by atoms with van der Waals surface area (Å²) in [6.45, 7) is 6.87. The van der Waals surface area contributed by atoms with E-state index in [-0.39, 0.29) is 12.5 Å². The summed E-state index contributed by atoms with van der Waals surface area (Å²) in [5.74, 6) is -0.00703. The van der Waals surface area contributed by atoms with Crippen molar-refractivity contribution in [3.63, 3.8) is 0 Å². The number of ether oxygens (including phenoxy) is 4. The highest BCUT2D eigenvalue weighted by atomic mass is 16.5. The molecule has 25 heavy (non-hydrogen) atoms. The zero-order valence-corrected chi connectivity index (χ0v) is 15.8. The molecule has 0 fully saturated rings. The second-order valence-corrected chi connectivity index (χ2v) is 6.07. The lowest BCUT2D eigenvalue weighted by Gasteiger charge is -2.25. The van der Waals surface area contributed by atoms with E-state index in [1.165, 1.54) is 0 Å². The average molecular weight is 354 g/mol. The molecule has 0 unspecified atom stereocenters. The molecule has 1 rings (SSSR count). The Morgan fingerprint density at radius 3 is 2.44 bits per heavy atom. The molecule has 1 N–H and O–H groups in total. The summed E-state index contributed by atoms with van der Waals surface area (Å²) >= 11 is 0. The maximum atomic E-state index is 12.2. The molecule has 142 valence electrons. The SMILES string of the molecule is CCOC(=O)[C@@H](C(C)C)[C@H](O)c1ccc(OC)c(OCCCOC)c1. The van der Waals surface area contributed by atoms with Gasteiger partial charge in [0.1, 0.15) is 0 Å². The largest absolute Gasteiger partial charge is 0.493 e. The molecule has 0 aliphatic heterocycles. The van der Waals surface area contributed by atoms with Crippen LogP contribution >= 0.6 is 0 Å². The molecule has 1 aromatic carbocycles. The minimum Gasteiger partial charge on any atom is -0.493 e. The highest BCUT2D eigenvalue weighted by molar-refractivity contribution is 5.73. The smallest absolute Gasteiger partial charge is 0.312 e.